The van der Waals surface area contributed by atoms with Gasteiger partial charge in [-0.05, 0) is 38.9 Å². The number of nitrogens with zero attached hydrogens (tertiary/aromatic N) is 3. The predicted octanol–water partition coefficient (Wildman–Crippen LogP) is 4.51. The van der Waals surface area contributed by atoms with Gasteiger partial charge in [0.2, 0.25) is 0 Å². The van der Waals surface area contributed by atoms with E-state index >= 15 is 0 Å². The van der Waals surface area contributed by atoms with Crippen molar-refractivity contribution in [1.82, 2.24) is 19.3 Å². The van der Waals surface area contributed by atoms with Crippen LogP contribution >= 0.6 is 12.2 Å². The molecule has 0 atom stereocenters. The van der Waals surface area contributed by atoms with Gasteiger partial charge in [-0.2, -0.15) is 5.10 Å². The maximum absolute atomic E-state index is 5.60. The van der Waals surface area contributed by atoms with Gasteiger partial charge < -0.3 is 4.98 Å². The van der Waals surface area contributed by atoms with Gasteiger partial charge in [0.25, 0.3) is 0 Å². The first-order valence-corrected chi connectivity index (χ1v) is 8.30. The first kappa shape index (κ1) is 13.9. The van der Waals surface area contributed by atoms with Crippen LogP contribution in [0.25, 0.3) is 11.2 Å². The SMILES string of the molecule is CCn1nc(C)c2[nH]c(=S)n(C3CCCCCCC3)c21. The van der Waals surface area contributed by atoms with E-state index in [4.69, 9.17) is 12.2 Å². The molecule has 0 radical (unpaired) electrons. The minimum absolute atomic E-state index is 0.540. The molecule has 1 aliphatic carbocycles. The predicted molar refractivity (Wildman–Crippen MR) is 84.7 cm³/mol. The van der Waals surface area contributed by atoms with Gasteiger partial charge >= 0.3 is 0 Å². The zero-order chi connectivity index (χ0) is 14.1. The molecular weight excluding hydrogens is 268 g/mol. The average Bonchev–Trinajstić information content (AvgIpc) is 2.87. The average molecular weight is 292 g/mol. The molecule has 4 nitrogen and oxygen atoms in total. The number of fused-ring (bicyclic) bond motifs is 1. The third-order valence-electron chi connectivity index (χ3n) is 4.52. The molecule has 3 rings (SSSR count). The first-order valence-electron chi connectivity index (χ1n) is 7.90. The van der Waals surface area contributed by atoms with Crippen molar-refractivity contribution >= 4 is 23.4 Å². The molecule has 5 heteroatoms. The summed E-state index contributed by atoms with van der Waals surface area (Å²) in [5.74, 6) is 0. The highest BCUT2D eigenvalue weighted by Crippen LogP contribution is 2.30. The maximum Gasteiger partial charge on any atom is 0.179 e. The van der Waals surface area contributed by atoms with E-state index in [1.54, 1.807) is 0 Å². The van der Waals surface area contributed by atoms with Gasteiger partial charge in [-0.15, -0.1) is 0 Å². The number of nitrogens with one attached hydrogen (secondary N) is 1. The van der Waals surface area contributed by atoms with Crippen LogP contribution in [0.5, 0.6) is 0 Å². The highest BCUT2D eigenvalue weighted by atomic mass is 32.1. The summed E-state index contributed by atoms with van der Waals surface area (Å²) in [5, 5.41) is 4.63. The fourth-order valence-corrected chi connectivity index (χ4v) is 3.81. The molecule has 0 unspecified atom stereocenters. The Bertz CT molecular complexity index is 641. The van der Waals surface area contributed by atoms with Crippen molar-refractivity contribution in [2.45, 2.75) is 71.4 Å². The standard InChI is InChI=1S/C15H24N4S/c1-3-18-14-13(11(2)17-18)16-15(20)19(14)12-9-7-5-4-6-8-10-12/h12H,3-10H2,1-2H3,(H,16,20). The summed E-state index contributed by atoms with van der Waals surface area (Å²) in [6, 6.07) is 0.540. The maximum atomic E-state index is 5.60. The van der Waals surface area contributed by atoms with Crippen LogP contribution in [0.1, 0.15) is 63.6 Å². The fraction of sp³-hybridized carbons (Fsp3) is 0.733. The van der Waals surface area contributed by atoms with Crippen molar-refractivity contribution in [3.8, 4) is 0 Å². The Labute approximate surface area is 125 Å². The highest BCUT2D eigenvalue weighted by molar-refractivity contribution is 7.71. The first-order chi connectivity index (χ1) is 9.72. The number of H-pyrrole nitrogens is 1. The third-order valence-corrected chi connectivity index (χ3v) is 4.82. The Kier molecular flexibility index (Phi) is 3.96. The Morgan fingerprint density at radius 2 is 1.85 bits per heavy atom. The van der Waals surface area contributed by atoms with E-state index in [-0.39, 0.29) is 0 Å². The molecule has 1 aliphatic rings. The van der Waals surface area contributed by atoms with E-state index in [1.165, 1.54) is 50.6 Å². The van der Waals surface area contributed by atoms with Crippen LogP contribution in [0, 0.1) is 11.7 Å². The lowest BCUT2D eigenvalue weighted by Gasteiger charge is -2.22. The number of rotatable bonds is 2. The highest BCUT2D eigenvalue weighted by Gasteiger charge is 2.20. The Morgan fingerprint density at radius 1 is 1.20 bits per heavy atom. The lowest BCUT2D eigenvalue weighted by atomic mass is 9.96. The van der Waals surface area contributed by atoms with Gasteiger partial charge in [0.15, 0.2) is 10.4 Å². The molecule has 2 aromatic rings. The van der Waals surface area contributed by atoms with Gasteiger partial charge in [0.1, 0.15) is 5.52 Å². The molecule has 0 aromatic carbocycles. The molecule has 20 heavy (non-hydrogen) atoms. The smallest absolute Gasteiger partial charge is 0.179 e. The van der Waals surface area contributed by atoms with Crippen molar-refractivity contribution in [3.05, 3.63) is 10.5 Å². The quantitative estimate of drug-likeness (QED) is 0.827. The van der Waals surface area contributed by atoms with Crippen LogP contribution < -0.4 is 0 Å². The summed E-state index contributed by atoms with van der Waals surface area (Å²) < 4.78 is 5.31. The van der Waals surface area contributed by atoms with E-state index in [0.717, 1.165) is 22.5 Å². The summed E-state index contributed by atoms with van der Waals surface area (Å²) in [6.45, 7) is 5.09. The second-order valence-electron chi connectivity index (χ2n) is 5.90. The Balaban J connectivity index is 2.09. The molecule has 1 fully saturated rings. The number of imidazole rings is 1. The van der Waals surface area contributed by atoms with Gasteiger partial charge in [-0.3, -0.25) is 4.57 Å². The summed E-state index contributed by atoms with van der Waals surface area (Å²) in [4.78, 5) is 3.38. The molecule has 1 N–H and O–H groups in total. The number of aromatic amines is 1. The molecule has 1 saturated carbocycles. The van der Waals surface area contributed by atoms with Crippen LogP contribution in [0.3, 0.4) is 0 Å². The van der Waals surface area contributed by atoms with Crippen molar-refractivity contribution in [2.24, 2.45) is 0 Å². The van der Waals surface area contributed by atoms with Gasteiger partial charge in [-0.1, -0.05) is 32.1 Å². The fourth-order valence-electron chi connectivity index (χ4n) is 3.48. The molecule has 0 spiro atoms. The summed E-state index contributed by atoms with van der Waals surface area (Å²) in [5.41, 5.74) is 3.37. The zero-order valence-electron chi connectivity index (χ0n) is 12.5. The topological polar surface area (TPSA) is 38.5 Å². The summed E-state index contributed by atoms with van der Waals surface area (Å²) >= 11 is 5.60. The Morgan fingerprint density at radius 3 is 2.50 bits per heavy atom. The molecule has 2 heterocycles. The van der Waals surface area contributed by atoms with Gasteiger partial charge in [-0.25, -0.2) is 4.68 Å². The van der Waals surface area contributed by atoms with E-state index < -0.39 is 0 Å². The number of aryl methyl sites for hydroxylation is 2. The van der Waals surface area contributed by atoms with Crippen LogP contribution in [0.2, 0.25) is 0 Å². The van der Waals surface area contributed by atoms with Crippen LogP contribution in [-0.2, 0) is 6.54 Å². The van der Waals surface area contributed by atoms with E-state index in [0.29, 0.717) is 6.04 Å². The molecule has 2 aromatic heterocycles. The van der Waals surface area contributed by atoms with E-state index in [2.05, 4.69) is 33.2 Å². The molecule has 0 amide bonds. The second kappa shape index (κ2) is 5.72. The minimum Gasteiger partial charge on any atom is -0.328 e. The van der Waals surface area contributed by atoms with Crippen molar-refractivity contribution in [1.29, 1.82) is 0 Å². The molecular formula is C15H24N4S. The second-order valence-corrected chi connectivity index (χ2v) is 6.29. The van der Waals surface area contributed by atoms with Crippen LogP contribution in [-0.4, -0.2) is 19.3 Å². The molecule has 0 saturated heterocycles. The lowest BCUT2D eigenvalue weighted by molar-refractivity contribution is 0.371. The van der Waals surface area contributed by atoms with Crippen molar-refractivity contribution < 1.29 is 0 Å². The molecule has 110 valence electrons. The van der Waals surface area contributed by atoms with Crippen LogP contribution in [0.4, 0.5) is 0 Å². The third kappa shape index (κ3) is 2.32. The number of hydrogen-bond acceptors (Lipinski definition) is 2. The van der Waals surface area contributed by atoms with E-state index in [1.807, 2.05) is 0 Å². The monoisotopic (exact) mass is 292 g/mol. The van der Waals surface area contributed by atoms with E-state index in [9.17, 15) is 0 Å². The normalized spacial score (nSPS) is 18.3. The Hall–Kier alpha value is -1.10. The van der Waals surface area contributed by atoms with Crippen molar-refractivity contribution in [3.63, 3.8) is 0 Å². The largest absolute Gasteiger partial charge is 0.328 e. The molecule has 0 bridgehead atoms. The van der Waals surface area contributed by atoms with Gasteiger partial charge in [0.05, 0.1) is 5.69 Å². The number of hydrogen-bond donors (Lipinski definition) is 1. The van der Waals surface area contributed by atoms with Gasteiger partial charge in [0, 0.05) is 12.6 Å². The summed E-state index contributed by atoms with van der Waals surface area (Å²) in [6.07, 6.45) is 9.25. The minimum atomic E-state index is 0.540. The summed E-state index contributed by atoms with van der Waals surface area (Å²) in [7, 11) is 0. The van der Waals surface area contributed by atoms with Crippen LogP contribution in [0.15, 0.2) is 0 Å². The zero-order valence-corrected chi connectivity index (χ0v) is 13.3. The number of aromatic nitrogens is 4. The lowest BCUT2D eigenvalue weighted by Crippen LogP contribution is -2.13. The molecule has 0 aliphatic heterocycles. The van der Waals surface area contributed by atoms with Crippen molar-refractivity contribution in [2.75, 3.05) is 0 Å².